The second kappa shape index (κ2) is 2.79. The third kappa shape index (κ3) is 1.06. The molecule has 0 saturated carbocycles. The lowest BCUT2D eigenvalue weighted by molar-refractivity contribution is -0.465. The summed E-state index contributed by atoms with van der Waals surface area (Å²) in [6.07, 6.45) is 0.754. The van der Waals surface area contributed by atoms with Crippen LogP contribution >= 0.6 is 0 Å². The molecule has 5 heteroatoms. The Morgan fingerprint density at radius 1 is 1.47 bits per heavy atom. The zero-order chi connectivity index (χ0) is 10.4. The minimum atomic E-state index is -0.469. The smallest absolute Gasteiger partial charge is 0.345 e. The Bertz CT molecular complexity index is 469. The van der Waals surface area contributed by atoms with Crippen LogP contribution in [0.4, 0.5) is 0 Å². The summed E-state index contributed by atoms with van der Waals surface area (Å²) >= 11 is 0. The summed E-state index contributed by atoms with van der Waals surface area (Å²) in [6.45, 7) is 0. The van der Waals surface area contributed by atoms with Crippen molar-refractivity contribution in [3.8, 4) is 0 Å². The van der Waals surface area contributed by atoms with Gasteiger partial charge in [0, 0.05) is 6.42 Å². The van der Waals surface area contributed by atoms with Crippen LogP contribution in [0.5, 0.6) is 0 Å². The van der Waals surface area contributed by atoms with E-state index in [2.05, 4.69) is 10.6 Å². The van der Waals surface area contributed by atoms with Gasteiger partial charge in [-0.05, 0) is 11.1 Å². The number of rotatable bonds is 0. The monoisotopic (exact) mass is 203 g/mol. The highest BCUT2D eigenvalue weighted by Crippen LogP contribution is 2.35. The number of hydrogen-bond donors (Lipinski definition) is 1. The van der Waals surface area contributed by atoms with E-state index in [0.29, 0.717) is 0 Å². The lowest BCUT2D eigenvalue weighted by Gasteiger charge is -2.19. The maximum absolute atomic E-state index is 11.6. The number of fused-ring (bicyclic) bond motifs is 3. The first-order valence-corrected chi connectivity index (χ1v) is 4.82. The molecular formula is C10H9N3O2. The van der Waals surface area contributed by atoms with Crippen LogP contribution in [0.2, 0.25) is 0 Å². The third-order valence-corrected chi connectivity index (χ3v) is 3.00. The molecule has 1 N–H and O–H groups in total. The van der Waals surface area contributed by atoms with Crippen LogP contribution in [-0.2, 0) is 11.2 Å². The molecule has 0 aromatic heterocycles. The average Bonchev–Trinajstić information content (AvgIpc) is 2.62. The second-order valence-electron chi connectivity index (χ2n) is 3.83. The van der Waals surface area contributed by atoms with Crippen LogP contribution in [0.25, 0.3) is 0 Å². The van der Waals surface area contributed by atoms with E-state index in [9.17, 15) is 10.0 Å². The Kier molecular flexibility index (Phi) is 1.56. The predicted octanol–water partition coefficient (Wildman–Crippen LogP) is 0.702. The molecule has 1 aliphatic heterocycles. The molecule has 1 heterocycles. The largest absolute Gasteiger partial charge is 0.689 e. The van der Waals surface area contributed by atoms with Gasteiger partial charge in [-0.25, -0.2) is 4.79 Å². The average molecular weight is 203 g/mol. The van der Waals surface area contributed by atoms with Gasteiger partial charge in [0.15, 0.2) is 0 Å². The predicted molar refractivity (Wildman–Crippen MR) is 50.9 cm³/mol. The first-order valence-electron chi connectivity index (χ1n) is 4.82. The molecule has 15 heavy (non-hydrogen) atoms. The summed E-state index contributed by atoms with van der Waals surface area (Å²) in [5.41, 5.74) is 4.80. The number of amides is 1. The van der Waals surface area contributed by atoms with Gasteiger partial charge in [0.1, 0.15) is 12.0 Å². The molecule has 3 rings (SSSR count). The van der Waals surface area contributed by atoms with Gasteiger partial charge in [-0.3, -0.25) is 0 Å². The van der Waals surface area contributed by atoms with E-state index < -0.39 is 5.91 Å². The van der Waals surface area contributed by atoms with E-state index >= 15 is 0 Å². The summed E-state index contributed by atoms with van der Waals surface area (Å²) in [6, 6.07) is 7.65. The molecule has 1 aromatic rings. The molecule has 0 bridgehead atoms. The minimum absolute atomic E-state index is 0.0555. The van der Waals surface area contributed by atoms with Gasteiger partial charge in [-0.1, -0.05) is 29.1 Å². The highest BCUT2D eigenvalue weighted by molar-refractivity contribution is 5.79. The van der Waals surface area contributed by atoms with E-state index in [0.717, 1.165) is 17.5 Å². The van der Waals surface area contributed by atoms with Crippen molar-refractivity contribution < 1.29 is 9.66 Å². The summed E-state index contributed by atoms with van der Waals surface area (Å²) < 4.78 is 0. The highest BCUT2D eigenvalue weighted by atomic mass is 16.5. The quantitative estimate of drug-likeness (QED) is 0.498. The van der Waals surface area contributed by atoms with Crippen molar-refractivity contribution in [2.24, 2.45) is 5.22 Å². The lowest BCUT2D eigenvalue weighted by Crippen LogP contribution is -2.42. The molecule has 2 aliphatic rings. The number of hydrogen-bond acceptors (Lipinski definition) is 4. The van der Waals surface area contributed by atoms with Gasteiger partial charge in [0.05, 0.1) is 5.22 Å². The number of carbonyl (C=O) groups excluding carboxylic acids is 1. The van der Waals surface area contributed by atoms with Gasteiger partial charge >= 0.3 is 5.91 Å². The van der Waals surface area contributed by atoms with Crippen LogP contribution in [0.1, 0.15) is 17.0 Å². The Balaban J connectivity index is 2.10. The molecule has 5 nitrogen and oxygen atoms in total. The maximum atomic E-state index is 11.6. The summed E-state index contributed by atoms with van der Waals surface area (Å²) in [5, 5.41) is 14.5. The maximum Gasteiger partial charge on any atom is 0.345 e. The van der Waals surface area contributed by atoms with Crippen molar-refractivity contribution in [3.63, 3.8) is 0 Å². The zero-order valence-electron chi connectivity index (χ0n) is 7.88. The zero-order valence-corrected chi connectivity index (χ0v) is 7.88. The Morgan fingerprint density at radius 3 is 3.13 bits per heavy atom. The van der Waals surface area contributed by atoms with Crippen LogP contribution < -0.4 is 5.43 Å². The number of carbonyl (C=O) groups is 1. The van der Waals surface area contributed by atoms with Gasteiger partial charge in [0.2, 0.25) is 0 Å². The van der Waals surface area contributed by atoms with Gasteiger partial charge in [0.25, 0.3) is 0 Å². The summed E-state index contributed by atoms with van der Waals surface area (Å²) in [7, 11) is 0. The number of nitrogens with zero attached hydrogens (tertiary/aromatic N) is 2. The molecule has 2 unspecified atom stereocenters. The lowest BCUT2D eigenvalue weighted by atomic mass is 9.97. The fourth-order valence-electron chi connectivity index (χ4n) is 2.32. The van der Waals surface area contributed by atoms with Crippen molar-refractivity contribution in [1.82, 2.24) is 5.43 Å². The van der Waals surface area contributed by atoms with Gasteiger partial charge < -0.3 is 5.21 Å². The highest BCUT2D eigenvalue weighted by Gasteiger charge is 2.45. The number of nitrogens with one attached hydrogen (secondary N) is 1. The van der Waals surface area contributed by atoms with Crippen LogP contribution in [0, 0.1) is 5.21 Å². The normalized spacial score (nSPS) is 27.7. The van der Waals surface area contributed by atoms with Gasteiger partial charge in [-0.2, -0.15) is 5.43 Å². The third-order valence-electron chi connectivity index (χ3n) is 3.00. The number of benzene rings is 1. The van der Waals surface area contributed by atoms with Crippen LogP contribution in [-0.4, -0.2) is 16.8 Å². The molecule has 0 spiro atoms. The second-order valence-corrected chi connectivity index (χ2v) is 3.83. The molecule has 0 fully saturated rings. The van der Waals surface area contributed by atoms with E-state index in [-0.39, 0.29) is 16.8 Å². The SMILES string of the molecule is O=C1C2c3ccccc3CC2NN=[N+]1[O-]. The Morgan fingerprint density at radius 2 is 2.27 bits per heavy atom. The fraction of sp³-hybridized carbons (Fsp3) is 0.300. The topological polar surface area (TPSA) is 67.5 Å². The van der Waals surface area contributed by atoms with E-state index in [1.54, 1.807) is 0 Å². The Labute approximate surface area is 86.0 Å². The van der Waals surface area contributed by atoms with E-state index in [4.69, 9.17) is 0 Å². The molecule has 0 saturated heterocycles. The molecule has 1 aliphatic carbocycles. The van der Waals surface area contributed by atoms with Gasteiger partial charge in [-0.15, -0.1) is 0 Å². The molecule has 76 valence electrons. The molecule has 1 amide bonds. The van der Waals surface area contributed by atoms with E-state index in [1.165, 1.54) is 0 Å². The molecular weight excluding hydrogens is 194 g/mol. The Hall–Kier alpha value is -1.91. The standard InChI is InChI=1S/C10H9N3O2/c14-10-9-7-4-2-1-3-6(7)5-8(9)11-12-13(10)15/h1-4,8-9,11H,5H2. The van der Waals surface area contributed by atoms with Crippen molar-refractivity contribution in [3.05, 3.63) is 40.6 Å². The molecule has 0 radical (unpaired) electrons. The number of hydroxylamine groups is 1. The first-order chi connectivity index (χ1) is 7.27. The summed E-state index contributed by atoms with van der Waals surface area (Å²) in [4.78, 5) is 11.8. The van der Waals surface area contributed by atoms with Crippen LogP contribution in [0.3, 0.4) is 0 Å². The van der Waals surface area contributed by atoms with E-state index in [1.807, 2.05) is 24.3 Å². The van der Waals surface area contributed by atoms with Crippen molar-refractivity contribution >= 4 is 5.91 Å². The summed E-state index contributed by atoms with van der Waals surface area (Å²) in [5.74, 6) is -0.833. The molecule has 1 aromatic carbocycles. The van der Waals surface area contributed by atoms with Crippen molar-refractivity contribution in [2.75, 3.05) is 0 Å². The molecule has 2 atom stereocenters. The minimum Gasteiger partial charge on any atom is -0.689 e. The fourth-order valence-corrected chi connectivity index (χ4v) is 2.32. The van der Waals surface area contributed by atoms with Crippen LogP contribution in [0.15, 0.2) is 29.5 Å². The first kappa shape index (κ1) is 8.40. The van der Waals surface area contributed by atoms with Crippen molar-refractivity contribution in [1.29, 1.82) is 0 Å². The van der Waals surface area contributed by atoms with Crippen molar-refractivity contribution in [2.45, 2.75) is 18.4 Å².